The average molecular weight is 340 g/mol. The Kier molecular flexibility index (Phi) is 3.82. The monoisotopic (exact) mass is 340 g/mol. The summed E-state index contributed by atoms with van der Waals surface area (Å²) in [5.74, 6) is -0.297. The number of methoxy groups -OCH3 is 2. The zero-order valence-electron chi connectivity index (χ0n) is 12.7. The number of ether oxygens (including phenoxy) is 2. The Morgan fingerprint density at radius 1 is 1.35 bits per heavy atom. The molecule has 1 saturated heterocycles. The smallest absolute Gasteiger partial charge is 0.339 e. The number of rotatable bonds is 4. The molecular formula is C13H16N4O5S. The Labute approximate surface area is 132 Å². The number of carbonyl (C=O) groups excluding carboxylic acids is 1. The van der Waals surface area contributed by atoms with Gasteiger partial charge >= 0.3 is 5.97 Å². The van der Waals surface area contributed by atoms with Gasteiger partial charge in [0.1, 0.15) is 0 Å². The molecule has 1 unspecified atom stereocenters. The summed E-state index contributed by atoms with van der Waals surface area (Å²) in [4.78, 5) is 19.9. The molecule has 0 saturated carbocycles. The van der Waals surface area contributed by atoms with Crippen molar-refractivity contribution in [2.24, 2.45) is 0 Å². The Balaban J connectivity index is 1.97. The van der Waals surface area contributed by atoms with Gasteiger partial charge in [0, 0.05) is 32.5 Å². The fourth-order valence-corrected chi connectivity index (χ4v) is 4.24. The molecule has 0 spiro atoms. The predicted molar refractivity (Wildman–Crippen MR) is 78.1 cm³/mol. The third-order valence-corrected chi connectivity index (χ3v) is 5.83. The first-order valence-electron chi connectivity index (χ1n) is 6.86. The lowest BCUT2D eigenvalue weighted by Crippen LogP contribution is -2.45. The zero-order valence-corrected chi connectivity index (χ0v) is 13.5. The lowest BCUT2D eigenvalue weighted by Gasteiger charge is -2.24. The van der Waals surface area contributed by atoms with Crippen LogP contribution >= 0.6 is 0 Å². The topological polar surface area (TPSA) is 103 Å². The van der Waals surface area contributed by atoms with E-state index in [0.717, 1.165) is 0 Å². The van der Waals surface area contributed by atoms with Crippen LogP contribution in [0.25, 0.3) is 5.78 Å². The second-order valence-corrected chi connectivity index (χ2v) is 7.05. The van der Waals surface area contributed by atoms with Crippen molar-refractivity contribution in [3.05, 3.63) is 24.7 Å². The molecule has 3 rings (SSSR count). The maximum Gasteiger partial charge on any atom is 0.339 e. The number of esters is 1. The Hall–Kier alpha value is -2.04. The van der Waals surface area contributed by atoms with Gasteiger partial charge < -0.3 is 9.47 Å². The number of aromatic nitrogens is 3. The number of hydrogen-bond acceptors (Lipinski definition) is 7. The van der Waals surface area contributed by atoms with Crippen LogP contribution in [0.3, 0.4) is 0 Å². The van der Waals surface area contributed by atoms with Gasteiger partial charge in [0.05, 0.1) is 19.9 Å². The molecule has 2 aromatic heterocycles. The number of fused-ring (bicyclic) bond motifs is 1. The van der Waals surface area contributed by atoms with Crippen LogP contribution in [0.15, 0.2) is 29.7 Å². The van der Waals surface area contributed by atoms with Crippen LogP contribution < -0.4 is 0 Å². The van der Waals surface area contributed by atoms with Gasteiger partial charge in [-0.2, -0.15) is 4.31 Å². The van der Waals surface area contributed by atoms with Crippen LogP contribution in [0.4, 0.5) is 0 Å². The van der Waals surface area contributed by atoms with Crippen molar-refractivity contribution in [3.8, 4) is 0 Å². The van der Waals surface area contributed by atoms with Gasteiger partial charge in [0.2, 0.25) is 5.78 Å². The third kappa shape index (κ3) is 2.38. The van der Waals surface area contributed by atoms with Crippen molar-refractivity contribution in [2.75, 3.05) is 27.3 Å². The number of imidazole rings is 1. The summed E-state index contributed by atoms with van der Waals surface area (Å²) >= 11 is 0. The number of nitrogens with zero attached hydrogens (tertiary/aromatic N) is 4. The molecule has 1 atom stereocenters. The van der Waals surface area contributed by atoms with Gasteiger partial charge in [-0.1, -0.05) is 0 Å². The minimum absolute atomic E-state index is 0.00244. The number of sulfonamides is 1. The summed E-state index contributed by atoms with van der Waals surface area (Å²) in [6.45, 7) is 0.0464. The summed E-state index contributed by atoms with van der Waals surface area (Å²) in [6.07, 6.45) is 4.58. The first kappa shape index (κ1) is 15.8. The van der Waals surface area contributed by atoms with E-state index in [2.05, 4.69) is 9.97 Å². The van der Waals surface area contributed by atoms with Crippen LogP contribution in [0.1, 0.15) is 6.42 Å². The molecule has 124 valence electrons. The molecular weight excluding hydrogens is 324 g/mol. The summed E-state index contributed by atoms with van der Waals surface area (Å²) in [7, 11) is -1.23. The lowest BCUT2D eigenvalue weighted by atomic mass is 10.0. The van der Waals surface area contributed by atoms with Gasteiger partial charge in [-0.3, -0.25) is 4.40 Å². The van der Waals surface area contributed by atoms with Gasteiger partial charge in [-0.15, -0.1) is 0 Å². The molecule has 0 radical (unpaired) electrons. The zero-order chi connectivity index (χ0) is 16.7. The van der Waals surface area contributed by atoms with Crippen molar-refractivity contribution in [2.45, 2.75) is 17.0 Å². The summed E-state index contributed by atoms with van der Waals surface area (Å²) < 4.78 is 38.3. The fourth-order valence-electron chi connectivity index (χ4n) is 2.69. The molecule has 1 fully saturated rings. The van der Waals surface area contributed by atoms with Crippen molar-refractivity contribution in [3.63, 3.8) is 0 Å². The van der Waals surface area contributed by atoms with Crippen molar-refractivity contribution in [1.29, 1.82) is 0 Å². The van der Waals surface area contributed by atoms with E-state index in [1.165, 1.54) is 35.3 Å². The van der Waals surface area contributed by atoms with Crippen LogP contribution in [-0.2, 0) is 24.3 Å². The van der Waals surface area contributed by atoms with Gasteiger partial charge in [0.25, 0.3) is 10.0 Å². The van der Waals surface area contributed by atoms with E-state index in [-0.39, 0.29) is 30.3 Å². The van der Waals surface area contributed by atoms with Gasteiger partial charge in [-0.25, -0.2) is 23.2 Å². The maximum atomic E-state index is 12.9. The molecule has 0 bridgehead atoms. The highest BCUT2D eigenvalue weighted by atomic mass is 32.2. The molecule has 0 aliphatic carbocycles. The SMILES string of the molecule is COC(=O)C1(OC)CCN(S(=O)(=O)c2cnc3ncccn23)C1. The highest BCUT2D eigenvalue weighted by molar-refractivity contribution is 7.89. The molecule has 1 aliphatic rings. The van der Waals surface area contributed by atoms with E-state index >= 15 is 0 Å². The molecule has 10 heteroatoms. The highest BCUT2D eigenvalue weighted by Gasteiger charge is 2.50. The Bertz CT molecular complexity index is 849. The highest BCUT2D eigenvalue weighted by Crippen LogP contribution is 2.30. The van der Waals surface area contributed by atoms with Gasteiger partial charge in [-0.05, 0) is 6.07 Å². The van der Waals surface area contributed by atoms with E-state index in [9.17, 15) is 13.2 Å². The number of carbonyl (C=O) groups is 1. The standard InChI is InChI=1S/C13H16N4O5S/c1-21-11(18)13(22-2)4-7-16(9-13)23(19,20)10-8-15-12-14-5-3-6-17(10)12/h3,5-6,8H,4,7,9H2,1-2H3. The number of hydrogen-bond donors (Lipinski definition) is 0. The average Bonchev–Trinajstić information content (AvgIpc) is 3.19. The third-order valence-electron chi connectivity index (χ3n) is 4.00. The maximum absolute atomic E-state index is 12.9. The quantitative estimate of drug-likeness (QED) is 0.703. The Morgan fingerprint density at radius 2 is 2.13 bits per heavy atom. The summed E-state index contributed by atoms with van der Waals surface area (Å²) in [5, 5.41) is -0.00244. The first-order valence-corrected chi connectivity index (χ1v) is 8.30. The van der Waals surface area contributed by atoms with E-state index in [1.54, 1.807) is 12.3 Å². The normalized spacial score (nSPS) is 22.5. The van der Waals surface area contributed by atoms with E-state index in [4.69, 9.17) is 9.47 Å². The van der Waals surface area contributed by atoms with Crippen molar-refractivity contribution in [1.82, 2.24) is 18.7 Å². The lowest BCUT2D eigenvalue weighted by molar-refractivity contribution is -0.164. The van der Waals surface area contributed by atoms with Crippen molar-refractivity contribution < 1.29 is 22.7 Å². The molecule has 3 heterocycles. The van der Waals surface area contributed by atoms with Gasteiger partial charge in [0.15, 0.2) is 10.6 Å². The largest absolute Gasteiger partial charge is 0.467 e. The molecule has 0 amide bonds. The summed E-state index contributed by atoms with van der Waals surface area (Å²) in [6, 6.07) is 1.62. The minimum atomic E-state index is -3.84. The van der Waals surface area contributed by atoms with Crippen LogP contribution in [0.2, 0.25) is 0 Å². The first-order chi connectivity index (χ1) is 10.9. The second-order valence-electron chi connectivity index (χ2n) is 5.16. The molecule has 0 N–H and O–H groups in total. The second kappa shape index (κ2) is 5.55. The minimum Gasteiger partial charge on any atom is -0.467 e. The van der Waals surface area contributed by atoms with Crippen LogP contribution in [0.5, 0.6) is 0 Å². The predicted octanol–water partition coefficient (Wildman–Crippen LogP) is -0.318. The fraction of sp³-hybridized carbons (Fsp3) is 0.462. The Morgan fingerprint density at radius 3 is 2.83 bits per heavy atom. The van der Waals surface area contributed by atoms with Crippen LogP contribution in [0, 0.1) is 0 Å². The molecule has 9 nitrogen and oxygen atoms in total. The summed E-state index contributed by atoms with van der Waals surface area (Å²) in [5.41, 5.74) is -1.28. The molecule has 2 aromatic rings. The van der Waals surface area contributed by atoms with E-state index in [0.29, 0.717) is 0 Å². The molecule has 0 aromatic carbocycles. The van der Waals surface area contributed by atoms with E-state index in [1.807, 2.05) is 0 Å². The van der Waals surface area contributed by atoms with Crippen LogP contribution in [-0.4, -0.2) is 66.0 Å². The van der Waals surface area contributed by atoms with Crippen molar-refractivity contribution >= 4 is 21.8 Å². The van der Waals surface area contributed by atoms with E-state index < -0.39 is 21.6 Å². The molecule has 23 heavy (non-hydrogen) atoms. The molecule has 1 aliphatic heterocycles.